The number of hydrogen-bond acceptors (Lipinski definition) is 9. The highest BCUT2D eigenvalue weighted by Crippen LogP contribution is 2.30. The highest BCUT2D eigenvalue weighted by molar-refractivity contribution is 7.89. The Morgan fingerprint density at radius 2 is 1.92 bits per heavy atom. The third-order valence-electron chi connectivity index (χ3n) is 6.22. The number of hydrogen-bond donors (Lipinski definition) is 3. The summed E-state index contributed by atoms with van der Waals surface area (Å²) in [6, 6.07) is 3.08. The molecule has 1 aromatic carbocycles. The van der Waals surface area contributed by atoms with Gasteiger partial charge in [0.1, 0.15) is 22.3 Å². The zero-order chi connectivity index (χ0) is 25.9. The van der Waals surface area contributed by atoms with Gasteiger partial charge in [-0.3, -0.25) is 14.5 Å². The normalized spacial score (nSPS) is 18.2. The molecule has 0 aliphatic carbocycles. The van der Waals surface area contributed by atoms with E-state index in [1.165, 1.54) is 10.4 Å². The zero-order valence-electron chi connectivity index (χ0n) is 19.5. The summed E-state index contributed by atoms with van der Waals surface area (Å²) in [4.78, 5) is 30.1. The number of amides is 1. The van der Waals surface area contributed by atoms with Gasteiger partial charge in [0.15, 0.2) is 5.13 Å². The van der Waals surface area contributed by atoms with E-state index in [1.807, 2.05) is 4.90 Å². The van der Waals surface area contributed by atoms with Crippen LogP contribution in [0.5, 0.6) is 0 Å². The molecule has 2 aliphatic heterocycles. The summed E-state index contributed by atoms with van der Waals surface area (Å²) in [6.45, 7) is 2.80. The molecule has 14 heteroatoms. The van der Waals surface area contributed by atoms with E-state index in [4.69, 9.17) is 5.73 Å². The van der Waals surface area contributed by atoms with Gasteiger partial charge in [-0.15, -0.1) is 0 Å². The van der Waals surface area contributed by atoms with Crippen molar-refractivity contribution in [1.29, 1.82) is 0 Å². The predicted octanol–water partition coefficient (Wildman–Crippen LogP) is 1.26. The number of rotatable bonds is 9. The molecule has 4 N–H and O–H groups in total. The number of piperazine rings is 1. The molecule has 0 radical (unpaired) electrons. The van der Waals surface area contributed by atoms with Gasteiger partial charge < -0.3 is 16.4 Å². The fourth-order valence-corrected chi connectivity index (χ4v) is 6.75. The summed E-state index contributed by atoms with van der Waals surface area (Å²) in [5.74, 6) is -2.98. The molecule has 2 aliphatic rings. The minimum atomic E-state index is -3.42. The van der Waals surface area contributed by atoms with Crippen LogP contribution in [0.4, 0.5) is 19.7 Å². The highest BCUT2D eigenvalue weighted by Gasteiger charge is 2.29. The molecule has 2 saturated heterocycles. The number of sulfonamides is 1. The van der Waals surface area contributed by atoms with Crippen molar-refractivity contribution in [2.45, 2.75) is 25.3 Å². The van der Waals surface area contributed by atoms with E-state index in [1.54, 1.807) is 0 Å². The van der Waals surface area contributed by atoms with Crippen molar-refractivity contribution < 1.29 is 26.8 Å². The first-order valence-corrected chi connectivity index (χ1v) is 14.0. The number of nitrogens with zero attached hydrogens (tertiary/aromatic N) is 3. The quantitative estimate of drug-likeness (QED) is 0.403. The standard InChI is InChI=1S/C22H28F2N6O4S2/c23-15-3-1-4-16(24)18(15)19(32)20-21(25)28-22(35-20)27-14-5-9-30(10-6-14)36(33,34)12-2-8-29-11-7-26-17(31)13-29/h1,3-4,14H,2,5-13,25H2,(H,26,31)(H,27,28). The lowest BCUT2D eigenvalue weighted by molar-refractivity contribution is -0.124. The summed E-state index contributed by atoms with van der Waals surface area (Å²) in [7, 11) is -3.42. The fraction of sp³-hybridized carbons (Fsp3) is 0.500. The lowest BCUT2D eigenvalue weighted by atomic mass is 10.1. The average Bonchev–Trinajstić information content (AvgIpc) is 3.19. The Kier molecular flexibility index (Phi) is 8.17. The van der Waals surface area contributed by atoms with E-state index in [-0.39, 0.29) is 28.4 Å². The number of nitrogens with two attached hydrogens (primary N) is 1. The lowest BCUT2D eigenvalue weighted by Crippen LogP contribution is -2.48. The van der Waals surface area contributed by atoms with Crippen LogP contribution < -0.4 is 16.4 Å². The summed E-state index contributed by atoms with van der Waals surface area (Å²) >= 11 is 0.910. The molecule has 36 heavy (non-hydrogen) atoms. The molecule has 0 atom stereocenters. The Labute approximate surface area is 211 Å². The first-order valence-electron chi connectivity index (χ1n) is 11.6. The van der Waals surface area contributed by atoms with Crippen molar-refractivity contribution in [3.05, 3.63) is 40.3 Å². The van der Waals surface area contributed by atoms with E-state index >= 15 is 0 Å². The van der Waals surface area contributed by atoms with Gasteiger partial charge in [-0.2, -0.15) is 0 Å². The van der Waals surface area contributed by atoms with Gasteiger partial charge in [-0.05, 0) is 37.9 Å². The van der Waals surface area contributed by atoms with E-state index < -0.39 is 33.0 Å². The SMILES string of the molecule is Nc1nc(NC2CCN(S(=O)(=O)CCCN3CCNC(=O)C3)CC2)sc1C(=O)c1c(F)cccc1F. The molecule has 4 rings (SSSR count). The third kappa shape index (κ3) is 6.17. The third-order valence-corrected chi connectivity index (χ3v) is 9.18. The van der Waals surface area contributed by atoms with Crippen LogP contribution in [0.2, 0.25) is 0 Å². The summed E-state index contributed by atoms with van der Waals surface area (Å²) < 4.78 is 55.0. The van der Waals surface area contributed by atoms with Crippen molar-refractivity contribution in [2.75, 3.05) is 56.1 Å². The maximum absolute atomic E-state index is 14.0. The Balaban J connectivity index is 1.28. The molecule has 196 valence electrons. The molecule has 0 bridgehead atoms. The number of halogens is 2. The maximum Gasteiger partial charge on any atom is 0.234 e. The largest absolute Gasteiger partial charge is 0.382 e. The summed E-state index contributed by atoms with van der Waals surface area (Å²) in [5, 5.41) is 6.24. The summed E-state index contributed by atoms with van der Waals surface area (Å²) in [6.07, 6.45) is 1.50. The molecule has 0 saturated carbocycles. The minimum Gasteiger partial charge on any atom is -0.382 e. The minimum absolute atomic E-state index is 0.0182. The van der Waals surface area contributed by atoms with Gasteiger partial charge >= 0.3 is 0 Å². The number of carbonyl (C=O) groups is 2. The van der Waals surface area contributed by atoms with E-state index in [0.29, 0.717) is 63.7 Å². The monoisotopic (exact) mass is 542 g/mol. The van der Waals surface area contributed by atoms with E-state index in [0.717, 1.165) is 23.5 Å². The molecule has 0 unspecified atom stereocenters. The number of ketones is 1. The van der Waals surface area contributed by atoms with Crippen LogP contribution >= 0.6 is 11.3 Å². The fourth-order valence-electron chi connectivity index (χ4n) is 4.32. The molecule has 1 amide bonds. The van der Waals surface area contributed by atoms with E-state index in [9.17, 15) is 26.8 Å². The number of nitrogen functional groups attached to an aromatic ring is 1. The molecule has 1 aromatic heterocycles. The molecular weight excluding hydrogens is 514 g/mol. The van der Waals surface area contributed by atoms with Crippen LogP contribution in [-0.2, 0) is 14.8 Å². The first-order chi connectivity index (χ1) is 17.1. The second kappa shape index (κ2) is 11.2. The van der Waals surface area contributed by atoms with Crippen molar-refractivity contribution in [3.63, 3.8) is 0 Å². The van der Waals surface area contributed by atoms with Crippen molar-refractivity contribution in [2.24, 2.45) is 0 Å². The topological polar surface area (TPSA) is 138 Å². The zero-order valence-corrected chi connectivity index (χ0v) is 21.1. The molecule has 10 nitrogen and oxygen atoms in total. The van der Waals surface area contributed by atoms with Crippen LogP contribution in [0, 0.1) is 11.6 Å². The Morgan fingerprint density at radius 3 is 2.58 bits per heavy atom. The molecule has 0 spiro atoms. The van der Waals surface area contributed by atoms with Crippen molar-refractivity contribution >= 4 is 44.0 Å². The Morgan fingerprint density at radius 1 is 1.22 bits per heavy atom. The van der Waals surface area contributed by atoms with Gasteiger partial charge in [0.2, 0.25) is 21.7 Å². The second-order valence-electron chi connectivity index (χ2n) is 8.77. The smallest absolute Gasteiger partial charge is 0.234 e. The molecule has 2 fully saturated rings. The van der Waals surface area contributed by atoms with Gasteiger partial charge in [0.25, 0.3) is 0 Å². The number of nitrogens with one attached hydrogen (secondary N) is 2. The van der Waals surface area contributed by atoms with Gasteiger partial charge in [0.05, 0.1) is 17.9 Å². The molecular formula is C22H28F2N6O4S2. The summed E-state index contributed by atoms with van der Waals surface area (Å²) in [5.41, 5.74) is 5.17. The number of carbonyl (C=O) groups excluding carboxylic acids is 2. The Hall–Kier alpha value is -2.68. The second-order valence-corrected chi connectivity index (χ2v) is 11.9. The average molecular weight is 543 g/mol. The predicted molar refractivity (Wildman–Crippen MR) is 132 cm³/mol. The van der Waals surface area contributed by atoms with Gasteiger partial charge in [-0.1, -0.05) is 17.4 Å². The van der Waals surface area contributed by atoms with Crippen molar-refractivity contribution in [1.82, 2.24) is 19.5 Å². The van der Waals surface area contributed by atoms with Crippen LogP contribution in [0.15, 0.2) is 18.2 Å². The number of benzene rings is 1. The molecule has 2 aromatic rings. The lowest BCUT2D eigenvalue weighted by Gasteiger charge is -2.32. The number of anilines is 2. The molecule has 3 heterocycles. The van der Waals surface area contributed by atoms with Crippen LogP contribution in [0.1, 0.15) is 34.5 Å². The van der Waals surface area contributed by atoms with Gasteiger partial charge in [0, 0.05) is 32.2 Å². The number of piperidine rings is 1. The number of aromatic nitrogens is 1. The maximum atomic E-state index is 14.0. The number of thiazole rings is 1. The van der Waals surface area contributed by atoms with Gasteiger partial charge in [-0.25, -0.2) is 26.5 Å². The van der Waals surface area contributed by atoms with Crippen LogP contribution in [0.25, 0.3) is 0 Å². The van der Waals surface area contributed by atoms with Crippen LogP contribution in [0.3, 0.4) is 0 Å². The van der Waals surface area contributed by atoms with Crippen molar-refractivity contribution in [3.8, 4) is 0 Å². The van der Waals surface area contributed by atoms with Crippen LogP contribution in [-0.4, -0.2) is 85.4 Å². The Bertz CT molecular complexity index is 1210. The highest BCUT2D eigenvalue weighted by atomic mass is 32.2. The first kappa shape index (κ1) is 26.4. The van der Waals surface area contributed by atoms with E-state index in [2.05, 4.69) is 15.6 Å².